The molecule has 0 spiro atoms. The Bertz CT molecular complexity index is 393. The Hall–Kier alpha value is -1.23. The molecule has 0 atom stereocenters. The van der Waals surface area contributed by atoms with Gasteiger partial charge in [-0.3, -0.25) is 4.79 Å². The monoisotopic (exact) mass is 236 g/mol. The van der Waals surface area contributed by atoms with E-state index in [-0.39, 0.29) is 5.41 Å². The van der Waals surface area contributed by atoms with Gasteiger partial charge in [-0.1, -0.05) is 6.92 Å². The molecular formula is C12H20N4O. The molecule has 5 nitrogen and oxygen atoms in total. The van der Waals surface area contributed by atoms with E-state index < -0.39 is 0 Å². The summed E-state index contributed by atoms with van der Waals surface area (Å²) in [5.74, 6) is 1.08. The van der Waals surface area contributed by atoms with Gasteiger partial charge in [-0.05, 0) is 32.9 Å². The number of aryl methyl sites for hydroxylation is 1. The number of Topliss-reactive ketones (excluding diaryl/α,β-unsaturated/α-hetero) is 1. The molecule has 1 saturated heterocycles. The first-order valence-corrected chi connectivity index (χ1v) is 6.26. The first kappa shape index (κ1) is 12.2. The summed E-state index contributed by atoms with van der Waals surface area (Å²) in [6.07, 6.45) is 3.78. The van der Waals surface area contributed by atoms with Crippen molar-refractivity contribution in [2.75, 3.05) is 13.1 Å². The number of rotatable bonds is 4. The Kier molecular flexibility index (Phi) is 3.57. The van der Waals surface area contributed by atoms with Crippen LogP contribution in [0.5, 0.6) is 0 Å². The van der Waals surface area contributed by atoms with Crippen molar-refractivity contribution in [1.29, 1.82) is 0 Å². The average Bonchev–Trinajstić information content (AvgIpc) is 2.77. The lowest BCUT2D eigenvalue weighted by Gasteiger charge is -2.32. The lowest BCUT2D eigenvalue weighted by molar-refractivity contribution is -0.128. The highest BCUT2D eigenvalue weighted by atomic mass is 16.1. The maximum Gasteiger partial charge on any atom is 0.146 e. The molecule has 0 radical (unpaired) electrons. The van der Waals surface area contributed by atoms with Gasteiger partial charge in [0, 0.05) is 12.0 Å². The second-order valence-electron chi connectivity index (χ2n) is 4.90. The standard InChI is InChI=1S/C12H20N4O/c1-3-16-11(14-9-15-16)8-10(17)12(2)4-6-13-7-5-12/h9,13H,3-8H2,1-2H3. The van der Waals surface area contributed by atoms with Gasteiger partial charge in [-0.2, -0.15) is 5.10 Å². The van der Waals surface area contributed by atoms with Crippen molar-refractivity contribution in [2.24, 2.45) is 5.41 Å². The topological polar surface area (TPSA) is 59.8 Å². The Morgan fingerprint density at radius 2 is 2.24 bits per heavy atom. The van der Waals surface area contributed by atoms with Crippen LogP contribution in [0.3, 0.4) is 0 Å². The van der Waals surface area contributed by atoms with Gasteiger partial charge in [0.05, 0.1) is 6.42 Å². The molecule has 0 saturated carbocycles. The van der Waals surface area contributed by atoms with Crippen molar-refractivity contribution < 1.29 is 4.79 Å². The number of piperidine rings is 1. The van der Waals surface area contributed by atoms with Crippen LogP contribution in [0.2, 0.25) is 0 Å². The van der Waals surface area contributed by atoms with Gasteiger partial charge in [-0.15, -0.1) is 0 Å². The first-order valence-electron chi connectivity index (χ1n) is 6.26. The molecule has 17 heavy (non-hydrogen) atoms. The normalized spacial score (nSPS) is 19.2. The van der Waals surface area contributed by atoms with Crippen molar-refractivity contribution in [3.63, 3.8) is 0 Å². The fourth-order valence-corrected chi connectivity index (χ4v) is 2.30. The third kappa shape index (κ3) is 2.54. The smallest absolute Gasteiger partial charge is 0.146 e. The van der Waals surface area contributed by atoms with Crippen molar-refractivity contribution in [2.45, 2.75) is 39.7 Å². The fraction of sp³-hybridized carbons (Fsp3) is 0.750. The lowest BCUT2D eigenvalue weighted by atomic mass is 9.76. The number of nitrogens with zero attached hydrogens (tertiary/aromatic N) is 3. The van der Waals surface area contributed by atoms with Crippen LogP contribution in [-0.4, -0.2) is 33.6 Å². The third-order valence-corrected chi connectivity index (χ3v) is 3.69. The van der Waals surface area contributed by atoms with Gasteiger partial charge in [0.25, 0.3) is 0 Å². The Labute approximate surface area is 102 Å². The zero-order valence-corrected chi connectivity index (χ0v) is 10.6. The molecule has 1 aliphatic rings. The molecule has 0 aromatic carbocycles. The molecule has 1 fully saturated rings. The van der Waals surface area contributed by atoms with E-state index in [0.717, 1.165) is 38.3 Å². The van der Waals surface area contributed by atoms with E-state index in [4.69, 9.17) is 0 Å². The lowest BCUT2D eigenvalue weighted by Crippen LogP contribution is -2.41. The van der Waals surface area contributed by atoms with Crippen molar-refractivity contribution in [1.82, 2.24) is 20.1 Å². The zero-order chi connectivity index (χ0) is 12.3. The van der Waals surface area contributed by atoms with E-state index in [2.05, 4.69) is 22.3 Å². The van der Waals surface area contributed by atoms with Gasteiger partial charge in [0.15, 0.2) is 0 Å². The number of nitrogens with one attached hydrogen (secondary N) is 1. The molecule has 1 aliphatic heterocycles. The summed E-state index contributed by atoms with van der Waals surface area (Å²) in [4.78, 5) is 16.5. The highest BCUT2D eigenvalue weighted by molar-refractivity contribution is 5.86. The second-order valence-corrected chi connectivity index (χ2v) is 4.90. The van der Waals surface area contributed by atoms with E-state index in [9.17, 15) is 4.79 Å². The molecular weight excluding hydrogens is 216 g/mol. The Balaban J connectivity index is 2.05. The molecule has 2 heterocycles. The number of carbonyl (C=O) groups is 1. The van der Waals surface area contributed by atoms with Crippen LogP contribution in [0.25, 0.3) is 0 Å². The number of aromatic nitrogens is 3. The fourth-order valence-electron chi connectivity index (χ4n) is 2.30. The van der Waals surface area contributed by atoms with Crippen LogP contribution in [0, 0.1) is 5.41 Å². The van der Waals surface area contributed by atoms with Crippen LogP contribution in [0.4, 0.5) is 0 Å². The highest BCUT2D eigenvalue weighted by Crippen LogP contribution is 2.30. The van der Waals surface area contributed by atoms with Crippen LogP contribution in [-0.2, 0) is 17.8 Å². The quantitative estimate of drug-likeness (QED) is 0.840. The van der Waals surface area contributed by atoms with Gasteiger partial charge < -0.3 is 5.32 Å². The largest absolute Gasteiger partial charge is 0.317 e. The second kappa shape index (κ2) is 4.96. The molecule has 0 unspecified atom stereocenters. The molecule has 5 heteroatoms. The predicted molar refractivity (Wildman–Crippen MR) is 64.6 cm³/mol. The minimum atomic E-state index is -0.185. The van der Waals surface area contributed by atoms with Gasteiger partial charge in [-0.25, -0.2) is 9.67 Å². The van der Waals surface area contributed by atoms with Crippen LogP contribution >= 0.6 is 0 Å². The number of carbonyl (C=O) groups excluding carboxylic acids is 1. The van der Waals surface area contributed by atoms with Crippen LogP contribution in [0.1, 0.15) is 32.5 Å². The Morgan fingerprint density at radius 3 is 2.88 bits per heavy atom. The molecule has 0 aliphatic carbocycles. The molecule has 1 aromatic heterocycles. The summed E-state index contributed by atoms with van der Waals surface area (Å²) < 4.78 is 1.79. The van der Waals surface area contributed by atoms with E-state index in [0.29, 0.717) is 12.2 Å². The third-order valence-electron chi connectivity index (χ3n) is 3.69. The number of hydrogen-bond donors (Lipinski definition) is 1. The SMILES string of the molecule is CCn1ncnc1CC(=O)C1(C)CCNCC1. The van der Waals surface area contributed by atoms with E-state index in [1.54, 1.807) is 4.68 Å². The highest BCUT2D eigenvalue weighted by Gasteiger charge is 2.34. The van der Waals surface area contributed by atoms with Crippen LogP contribution in [0.15, 0.2) is 6.33 Å². The minimum absolute atomic E-state index is 0.185. The summed E-state index contributed by atoms with van der Waals surface area (Å²) in [7, 11) is 0. The molecule has 2 rings (SSSR count). The van der Waals surface area contributed by atoms with Gasteiger partial charge in [0.2, 0.25) is 0 Å². The minimum Gasteiger partial charge on any atom is -0.317 e. The maximum absolute atomic E-state index is 12.3. The van der Waals surface area contributed by atoms with Gasteiger partial charge in [0.1, 0.15) is 17.9 Å². The molecule has 1 aromatic rings. The molecule has 0 amide bonds. The van der Waals surface area contributed by atoms with E-state index in [1.165, 1.54) is 6.33 Å². The molecule has 1 N–H and O–H groups in total. The summed E-state index contributed by atoms with van der Waals surface area (Å²) in [6.45, 7) is 6.71. The predicted octanol–water partition coefficient (Wildman–Crippen LogP) is 0.799. The summed E-state index contributed by atoms with van der Waals surface area (Å²) in [5, 5.41) is 7.39. The number of ketones is 1. The van der Waals surface area contributed by atoms with Crippen molar-refractivity contribution in [3.8, 4) is 0 Å². The molecule has 0 bridgehead atoms. The van der Waals surface area contributed by atoms with Crippen molar-refractivity contribution in [3.05, 3.63) is 12.2 Å². The van der Waals surface area contributed by atoms with Crippen molar-refractivity contribution >= 4 is 5.78 Å². The summed E-state index contributed by atoms with van der Waals surface area (Å²) in [5.41, 5.74) is -0.185. The average molecular weight is 236 g/mol. The zero-order valence-electron chi connectivity index (χ0n) is 10.6. The van der Waals surface area contributed by atoms with Gasteiger partial charge >= 0.3 is 0 Å². The van der Waals surface area contributed by atoms with E-state index >= 15 is 0 Å². The summed E-state index contributed by atoms with van der Waals surface area (Å²) in [6, 6.07) is 0. The Morgan fingerprint density at radius 1 is 1.53 bits per heavy atom. The first-order chi connectivity index (χ1) is 8.15. The molecule has 94 valence electrons. The summed E-state index contributed by atoms with van der Waals surface area (Å²) >= 11 is 0. The van der Waals surface area contributed by atoms with E-state index in [1.807, 2.05) is 6.92 Å². The number of hydrogen-bond acceptors (Lipinski definition) is 4. The van der Waals surface area contributed by atoms with Crippen LogP contribution < -0.4 is 5.32 Å². The maximum atomic E-state index is 12.3.